The molecule has 2 aromatic rings. The molecule has 4 fully saturated rings. The van der Waals surface area contributed by atoms with Crippen LogP contribution in [0.25, 0.3) is 11.1 Å². The number of benzene rings is 2. The van der Waals surface area contributed by atoms with Gasteiger partial charge in [0.1, 0.15) is 5.25 Å². The molecule has 0 N–H and O–H groups in total. The number of amides is 2. The number of carbonyl (C=O) groups is 2. The summed E-state index contributed by atoms with van der Waals surface area (Å²) in [4.78, 5) is 29.4. The van der Waals surface area contributed by atoms with Crippen LogP contribution in [0, 0.1) is 16.7 Å². The number of nitriles is 1. The Morgan fingerprint density at radius 3 is 2.32 bits per heavy atom. The van der Waals surface area contributed by atoms with Crippen molar-refractivity contribution < 1.29 is 9.59 Å². The Morgan fingerprint density at radius 2 is 1.68 bits per heavy atom. The molecule has 6 rings (SSSR count). The van der Waals surface area contributed by atoms with Crippen LogP contribution in [0.1, 0.15) is 31.9 Å². The molecular weight excluding hydrogens is 426 g/mol. The van der Waals surface area contributed by atoms with Gasteiger partial charge in [0, 0.05) is 7.05 Å². The third-order valence-electron chi connectivity index (χ3n) is 6.97. The van der Waals surface area contributed by atoms with Crippen molar-refractivity contribution in [3.05, 3.63) is 60.2 Å². The van der Waals surface area contributed by atoms with Crippen LogP contribution in [0.15, 0.2) is 54.6 Å². The summed E-state index contributed by atoms with van der Waals surface area (Å²) in [6, 6.07) is 20.1. The average Bonchev–Trinajstić information content (AvgIpc) is 3.04. The molecule has 5 nitrogen and oxygen atoms in total. The smallest absolute Gasteiger partial charge is 0.260 e. The van der Waals surface area contributed by atoms with Gasteiger partial charge < -0.3 is 9.80 Å². The maximum atomic E-state index is 13.8. The average molecular weight is 450 g/mol. The zero-order valence-corrected chi connectivity index (χ0v) is 19.2. The van der Waals surface area contributed by atoms with Crippen LogP contribution in [0.4, 0.5) is 0 Å². The van der Waals surface area contributed by atoms with Crippen molar-refractivity contribution in [2.75, 3.05) is 7.05 Å². The quantitative estimate of drug-likeness (QED) is 0.633. The Balaban J connectivity index is 1.60. The first-order valence-corrected chi connectivity index (χ1v) is 12.5. The highest BCUT2D eigenvalue weighted by atomic mass is 33.1. The molecule has 2 bridgehead atoms. The molecule has 5 atom stereocenters. The van der Waals surface area contributed by atoms with E-state index in [0.717, 1.165) is 16.7 Å². The summed E-state index contributed by atoms with van der Waals surface area (Å²) in [7, 11) is 4.67. The zero-order chi connectivity index (χ0) is 22.0. The van der Waals surface area contributed by atoms with E-state index >= 15 is 0 Å². The third kappa shape index (κ3) is 2.85. The topological polar surface area (TPSA) is 64.4 Å². The number of likely N-dealkylation sites (N-methyl/N-ethyl adjacent to an activating group) is 1. The minimum absolute atomic E-state index is 0.0209. The Bertz CT molecular complexity index is 1100. The minimum atomic E-state index is -0.962. The standard InChI is InChI=1S/C24H23N3O2S2/c1-23(14-25)13-18-19-21(28)26(3)24(2,31-30-19)22(29)27(18)20(23)17-11-9-16(10-12-17)15-7-5-4-6-8-15/h4-12,18-20H,13H2,1-3H3/t18?,19?,20?,23-,24?/m1/s1. The fraction of sp³-hybridized carbons (Fsp3) is 0.375. The number of nitrogens with zero attached hydrogens (tertiary/aromatic N) is 3. The highest BCUT2D eigenvalue weighted by Crippen LogP contribution is 2.60. The number of hydrogen-bond donors (Lipinski definition) is 0. The van der Waals surface area contributed by atoms with Gasteiger partial charge in [0.25, 0.3) is 5.91 Å². The van der Waals surface area contributed by atoms with Crippen molar-refractivity contribution in [1.82, 2.24) is 9.80 Å². The summed E-state index contributed by atoms with van der Waals surface area (Å²) < 4.78 is 0. The van der Waals surface area contributed by atoms with Gasteiger partial charge in [0.2, 0.25) is 5.91 Å². The van der Waals surface area contributed by atoms with E-state index in [9.17, 15) is 14.9 Å². The lowest BCUT2D eigenvalue weighted by Gasteiger charge is -2.41. The van der Waals surface area contributed by atoms with Gasteiger partial charge in [0.15, 0.2) is 4.87 Å². The van der Waals surface area contributed by atoms with Gasteiger partial charge >= 0.3 is 0 Å². The first-order valence-electron chi connectivity index (χ1n) is 10.3. The first kappa shape index (κ1) is 20.5. The van der Waals surface area contributed by atoms with E-state index in [1.807, 2.05) is 49.1 Å². The molecule has 4 aliphatic heterocycles. The lowest BCUT2D eigenvalue weighted by molar-refractivity contribution is -0.143. The van der Waals surface area contributed by atoms with E-state index in [1.165, 1.54) is 21.6 Å². The minimum Gasteiger partial charge on any atom is -0.326 e. The fourth-order valence-electron chi connectivity index (χ4n) is 5.08. The van der Waals surface area contributed by atoms with Crippen molar-refractivity contribution >= 4 is 33.4 Å². The van der Waals surface area contributed by atoms with E-state index in [0.29, 0.717) is 6.42 Å². The van der Waals surface area contributed by atoms with E-state index in [2.05, 4.69) is 30.3 Å². The number of carbonyl (C=O) groups excluding carboxylic acids is 2. The van der Waals surface area contributed by atoms with Crippen LogP contribution in [0.5, 0.6) is 0 Å². The molecule has 0 saturated carbocycles. The molecule has 4 saturated heterocycles. The Labute approximate surface area is 190 Å². The van der Waals surface area contributed by atoms with Crippen LogP contribution >= 0.6 is 21.6 Å². The van der Waals surface area contributed by atoms with E-state index in [-0.39, 0.29) is 29.1 Å². The van der Waals surface area contributed by atoms with Gasteiger partial charge in [0.05, 0.1) is 23.6 Å². The van der Waals surface area contributed by atoms with Gasteiger partial charge in [-0.05, 0) is 37.0 Å². The highest BCUT2D eigenvalue weighted by molar-refractivity contribution is 8.77. The molecule has 7 heteroatoms. The summed E-state index contributed by atoms with van der Waals surface area (Å²) in [5.41, 5.74) is 2.40. The second kappa shape index (κ2) is 7.04. The molecule has 4 heterocycles. The number of fused-ring (bicyclic) bond motifs is 2. The molecule has 0 aromatic heterocycles. The predicted octanol–water partition coefficient (Wildman–Crippen LogP) is 4.48. The Hall–Kier alpha value is -2.43. The van der Waals surface area contributed by atoms with Crippen molar-refractivity contribution in [3.8, 4) is 17.2 Å². The molecule has 0 radical (unpaired) electrons. The predicted molar refractivity (Wildman–Crippen MR) is 124 cm³/mol. The molecule has 4 aliphatic rings. The molecule has 2 aromatic carbocycles. The van der Waals surface area contributed by atoms with Crippen LogP contribution in [-0.4, -0.2) is 44.8 Å². The molecule has 158 valence electrons. The zero-order valence-electron chi connectivity index (χ0n) is 17.6. The monoisotopic (exact) mass is 449 g/mol. The van der Waals surface area contributed by atoms with E-state index in [1.54, 1.807) is 11.9 Å². The van der Waals surface area contributed by atoms with Crippen molar-refractivity contribution in [2.24, 2.45) is 5.41 Å². The summed E-state index contributed by atoms with van der Waals surface area (Å²) >= 11 is 0. The van der Waals surface area contributed by atoms with Gasteiger partial charge in [-0.1, -0.05) is 76.2 Å². The second-order valence-corrected chi connectivity index (χ2v) is 11.6. The first-order chi connectivity index (χ1) is 14.8. The summed E-state index contributed by atoms with van der Waals surface area (Å²) in [6.45, 7) is 3.74. The van der Waals surface area contributed by atoms with Crippen molar-refractivity contribution in [1.29, 1.82) is 5.26 Å². The van der Waals surface area contributed by atoms with Crippen LogP contribution < -0.4 is 0 Å². The fourth-order valence-corrected chi connectivity index (χ4v) is 8.40. The van der Waals surface area contributed by atoms with Gasteiger partial charge in [-0.15, -0.1) is 0 Å². The molecule has 4 unspecified atom stereocenters. The maximum Gasteiger partial charge on any atom is 0.260 e. The Kier molecular flexibility index (Phi) is 4.65. The lowest BCUT2D eigenvalue weighted by Crippen LogP contribution is -2.55. The van der Waals surface area contributed by atoms with Crippen LogP contribution in [0.3, 0.4) is 0 Å². The SMILES string of the molecule is CN1C(=O)C2SSC1(C)C(=O)N1C2C[C@](C)(C#N)C1c1ccc(-c2ccccc2)cc1. The summed E-state index contributed by atoms with van der Waals surface area (Å²) in [5.74, 6) is -0.102. The molecule has 31 heavy (non-hydrogen) atoms. The van der Waals surface area contributed by atoms with Crippen molar-refractivity contribution in [3.63, 3.8) is 0 Å². The molecule has 2 amide bonds. The normalized spacial score (nSPS) is 34.5. The van der Waals surface area contributed by atoms with E-state index < -0.39 is 10.3 Å². The van der Waals surface area contributed by atoms with Crippen LogP contribution in [-0.2, 0) is 9.59 Å². The van der Waals surface area contributed by atoms with E-state index in [4.69, 9.17) is 0 Å². The largest absolute Gasteiger partial charge is 0.326 e. The van der Waals surface area contributed by atoms with Gasteiger partial charge in [-0.25, -0.2) is 0 Å². The third-order valence-corrected chi connectivity index (χ3v) is 10.4. The van der Waals surface area contributed by atoms with Gasteiger partial charge in [-0.2, -0.15) is 5.26 Å². The Morgan fingerprint density at radius 1 is 1.03 bits per heavy atom. The van der Waals surface area contributed by atoms with Crippen molar-refractivity contribution in [2.45, 2.75) is 42.5 Å². The van der Waals surface area contributed by atoms with Crippen LogP contribution in [0.2, 0.25) is 0 Å². The molecular formula is C24H23N3O2S2. The summed E-state index contributed by atoms with van der Waals surface area (Å²) in [5, 5.41) is 9.80. The lowest BCUT2D eigenvalue weighted by atomic mass is 9.79. The second-order valence-electron chi connectivity index (χ2n) is 8.88. The van der Waals surface area contributed by atoms with Gasteiger partial charge in [-0.3, -0.25) is 9.59 Å². The number of hydrogen-bond acceptors (Lipinski definition) is 5. The summed E-state index contributed by atoms with van der Waals surface area (Å²) in [6.07, 6.45) is 0.494. The molecule has 0 spiro atoms. The highest BCUT2D eigenvalue weighted by Gasteiger charge is 2.65. The number of rotatable bonds is 2. The molecule has 0 aliphatic carbocycles. The maximum absolute atomic E-state index is 13.8.